The molecule has 18 heavy (non-hydrogen) atoms. The van der Waals surface area contributed by atoms with Gasteiger partial charge in [0.15, 0.2) is 0 Å². The predicted octanol–water partition coefficient (Wildman–Crippen LogP) is -0.179. The zero-order valence-corrected chi connectivity index (χ0v) is 9.82. The Kier molecular flexibility index (Phi) is 2.79. The van der Waals surface area contributed by atoms with Crippen molar-refractivity contribution in [2.45, 2.75) is 36.9 Å². The molecule has 0 radical (unpaired) electrons. The lowest BCUT2D eigenvalue weighted by molar-refractivity contribution is -0.313. The summed E-state index contributed by atoms with van der Waals surface area (Å²) in [5.74, 6) is -0.584. The highest BCUT2D eigenvalue weighted by atomic mass is 16.7. The van der Waals surface area contributed by atoms with Gasteiger partial charge in [-0.2, -0.15) is 0 Å². The summed E-state index contributed by atoms with van der Waals surface area (Å²) in [5, 5.41) is 29.3. The maximum Gasteiger partial charge on any atom is 0.239 e. The Bertz CT molecular complexity index is 449. The van der Waals surface area contributed by atoms with Crippen LogP contribution in [-0.2, 0) is 11.2 Å². The minimum Gasteiger partial charge on any atom is -0.459 e. The third-order valence-corrected chi connectivity index (χ3v) is 3.66. The highest BCUT2D eigenvalue weighted by Gasteiger charge is 2.52. The molecule has 0 amide bonds. The van der Waals surface area contributed by atoms with Gasteiger partial charge in [0, 0.05) is 6.42 Å². The Morgan fingerprint density at radius 2 is 1.94 bits per heavy atom. The van der Waals surface area contributed by atoms with Gasteiger partial charge in [-0.05, 0) is 18.1 Å². The molecule has 1 spiro atoms. The quantitative estimate of drug-likeness (QED) is 0.597. The summed E-state index contributed by atoms with van der Waals surface area (Å²) in [4.78, 5) is 0. The molecule has 4 unspecified atom stereocenters. The fourth-order valence-corrected chi connectivity index (χ4v) is 2.55. The molecule has 1 aromatic rings. The third kappa shape index (κ3) is 1.71. The molecule has 1 aromatic carbocycles. The molecule has 2 aliphatic heterocycles. The van der Waals surface area contributed by atoms with Crippen LogP contribution in [0, 0.1) is 0 Å². The van der Waals surface area contributed by atoms with Crippen molar-refractivity contribution < 1.29 is 24.8 Å². The van der Waals surface area contributed by atoms with Crippen LogP contribution in [-0.4, -0.2) is 46.0 Å². The van der Waals surface area contributed by atoms with Gasteiger partial charge in [0.2, 0.25) is 5.79 Å². The van der Waals surface area contributed by atoms with E-state index < -0.39 is 24.1 Å². The number of hydrogen-bond donors (Lipinski definition) is 3. The fraction of sp³-hybridized carbons (Fsp3) is 0.538. The number of aliphatic hydroxyl groups is 3. The van der Waals surface area contributed by atoms with Gasteiger partial charge in [-0.1, -0.05) is 18.2 Å². The Morgan fingerprint density at radius 3 is 2.78 bits per heavy atom. The van der Waals surface area contributed by atoms with E-state index in [2.05, 4.69) is 0 Å². The van der Waals surface area contributed by atoms with Crippen LogP contribution < -0.4 is 4.74 Å². The van der Waals surface area contributed by atoms with Crippen LogP contribution in [0.15, 0.2) is 24.3 Å². The summed E-state index contributed by atoms with van der Waals surface area (Å²) in [6, 6.07) is 7.54. The van der Waals surface area contributed by atoms with Crippen molar-refractivity contribution in [3.8, 4) is 5.75 Å². The number of benzene rings is 1. The van der Waals surface area contributed by atoms with Gasteiger partial charge in [-0.25, -0.2) is 0 Å². The van der Waals surface area contributed by atoms with Crippen molar-refractivity contribution >= 4 is 0 Å². The lowest BCUT2D eigenvalue weighted by Gasteiger charge is -2.47. The molecular formula is C13H16O5. The smallest absolute Gasteiger partial charge is 0.239 e. The zero-order chi connectivity index (χ0) is 12.8. The monoisotopic (exact) mass is 252 g/mol. The molecule has 1 fully saturated rings. The molecular weight excluding hydrogens is 236 g/mol. The number of aryl methyl sites for hydroxylation is 1. The average Bonchev–Trinajstić information content (AvgIpc) is 2.41. The first-order valence-corrected chi connectivity index (χ1v) is 6.07. The van der Waals surface area contributed by atoms with Crippen LogP contribution in [0.5, 0.6) is 5.75 Å². The van der Waals surface area contributed by atoms with E-state index in [4.69, 9.17) is 9.47 Å². The second kappa shape index (κ2) is 4.20. The average molecular weight is 252 g/mol. The molecule has 3 rings (SSSR count). The molecule has 98 valence electrons. The van der Waals surface area contributed by atoms with Crippen LogP contribution in [0.25, 0.3) is 0 Å². The number of ether oxygens (including phenoxy) is 2. The fourth-order valence-electron chi connectivity index (χ4n) is 2.55. The summed E-state index contributed by atoms with van der Waals surface area (Å²) < 4.78 is 11.2. The van der Waals surface area contributed by atoms with E-state index in [1.807, 2.05) is 24.3 Å². The normalized spacial score (nSPS) is 39.2. The van der Waals surface area contributed by atoms with E-state index in [-0.39, 0.29) is 6.61 Å². The molecule has 2 heterocycles. The van der Waals surface area contributed by atoms with Gasteiger partial charge in [0.05, 0.1) is 6.61 Å². The number of rotatable bonds is 0. The van der Waals surface area contributed by atoms with Crippen LogP contribution in [0.2, 0.25) is 0 Å². The standard InChI is InChI=1S/C13H16O5/c14-9-7-17-13(12(16)11(9)15)6-5-8-3-1-2-4-10(8)18-13/h1-4,9,11-12,14-16H,5-7H2. The topological polar surface area (TPSA) is 79.2 Å². The largest absolute Gasteiger partial charge is 0.459 e. The Hall–Kier alpha value is -1.14. The first-order chi connectivity index (χ1) is 8.62. The van der Waals surface area contributed by atoms with Crippen molar-refractivity contribution in [1.82, 2.24) is 0 Å². The predicted molar refractivity (Wildman–Crippen MR) is 62.1 cm³/mol. The molecule has 0 aliphatic carbocycles. The first kappa shape index (κ1) is 11.9. The minimum absolute atomic E-state index is 0.0413. The second-order valence-corrected chi connectivity index (χ2v) is 4.84. The molecule has 0 aromatic heterocycles. The number of aliphatic hydroxyl groups excluding tert-OH is 3. The molecule has 3 N–H and O–H groups in total. The molecule has 4 atom stereocenters. The second-order valence-electron chi connectivity index (χ2n) is 4.84. The van der Waals surface area contributed by atoms with Crippen molar-refractivity contribution in [2.75, 3.05) is 6.61 Å². The number of fused-ring (bicyclic) bond motifs is 1. The Labute approximate surface area is 105 Å². The minimum atomic E-state index is -1.25. The van der Waals surface area contributed by atoms with Crippen molar-refractivity contribution in [3.63, 3.8) is 0 Å². The lowest BCUT2D eigenvalue weighted by Crippen LogP contribution is -2.64. The SMILES string of the molecule is OC1COC2(CCc3ccccc3O2)C(O)C1O. The highest BCUT2D eigenvalue weighted by Crippen LogP contribution is 2.39. The molecule has 5 nitrogen and oxygen atoms in total. The Balaban J connectivity index is 1.90. The van der Waals surface area contributed by atoms with Gasteiger partial charge >= 0.3 is 0 Å². The van der Waals surface area contributed by atoms with Gasteiger partial charge < -0.3 is 24.8 Å². The van der Waals surface area contributed by atoms with Crippen molar-refractivity contribution in [2.24, 2.45) is 0 Å². The summed E-state index contributed by atoms with van der Waals surface area (Å²) in [7, 11) is 0. The van der Waals surface area contributed by atoms with Crippen molar-refractivity contribution in [1.29, 1.82) is 0 Å². The van der Waals surface area contributed by atoms with E-state index in [9.17, 15) is 15.3 Å². The molecule has 5 heteroatoms. The van der Waals surface area contributed by atoms with Crippen LogP contribution in [0.3, 0.4) is 0 Å². The summed E-state index contributed by atoms with van der Waals surface area (Å²) in [6.07, 6.45) is -2.42. The summed E-state index contributed by atoms with van der Waals surface area (Å²) >= 11 is 0. The van der Waals surface area contributed by atoms with E-state index in [1.165, 1.54) is 0 Å². The van der Waals surface area contributed by atoms with Gasteiger partial charge in [-0.3, -0.25) is 0 Å². The Morgan fingerprint density at radius 1 is 1.17 bits per heavy atom. The summed E-state index contributed by atoms with van der Waals surface area (Å²) in [5.41, 5.74) is 1.06. The van der Waals surface area contributed by atoms with Gasteiger partial charge in [0.1, 0.15) is 24.1 Å². The van der Waals surface area contributed by atoms with Crippen LogP contribution in [0.4, 0.5) is 0 Å². The van der Waals surface area contributed by atoms with Crippen molar-refractivity contribution in [3.05, 3.63) is 29.8 Å². The molecule has 0 saturated carbocycles. The third-order valence-electron chi connectivity index (χ3n) is 3.66. The van der Waals surface area contributed by atoms with E-state index in [0.717, 1.165) is 5.56 Å². The van der Waals surface area contributed by atoms with Crippen LogP contribution >= 0.6 is 0 Å². The highest BCUT2D eigenvalue weighted by molar-refractivity contribution is 5.36. The summed E-state index contributed by atoms with van der Waals surface area (Å²) in [6.45, 7) is -0.0413. The van der Waals surface area contributed by atoms with E-state index >= 15 is 0 Å². The first-order valence-electron chi connectivity index (χ1n) is 6.07. The van der Waals surface area contributed by atoms with Crippen LogP contribution in [0.1, 0.15) is 12.0 Å². The van der Waals surface area contributed by atoms with E-state index in [1.54, 1.807) is 0 Å². The maximum atomic E-state index is 10.1. The lowest BCUT2D eigenvalue weighted by atomic mass is 9.89. The molecule has 2 aliphatic rings. The maximum absolute atomic E-state index is 10.1. The molecule has 1 saturated heterocycles. The number of para-hydroxylation sites is 1. The molecule has 0 bridgehead atoms. The van der Waals surface area contributed by atoms with E-state index in [0.29, 0.717) is 18.6 Å². The number of hydrogen-bond acceptors (Lipinski definition) is 5. The van der Waals surface area contributed by atoms with Gasteiger partial charge in [0.25, 0.3) is 0 Å². The zero-order valence-electron chi connectivity index (χ0n) is 9.82. The van der Waals surface area contributed by atoms with Gasteiger partial charge in [-0.15, -0.1) is 0 Å².